The predicted octanol–water partition coefficient (Wildman–Crippen LogP) is 7.32. The summed E-state index contributed by atoms with van der Waals surface area (Å²) in [6.45, 7) is 4.24. The molecule has 0 bridgehead atoms. The third-order valence-electron chi connectivity index (χ3n) is 4.55. The Morgan fingerprint density at radius 3 is 1.97 bits per heavy atom. The highest BCUT2D eigenvalue weighted by Gasteiger charge is 2.11. The first-order valence-corrected chi connectivity index (χ1v) is 11.6. The van der Waals surface area contributed by atoms with Crippen molar-refractivity contribution in [2.45, 2.75) is 103 Å². The number of carbonyl (C=O) groups is 2. The van der Waals surface area contributed by atoms with Crippen molar-refractivity contribution in [3.8, 4) is 0 Å². The van der Waals surface area contributed by atoms with Crippen LogP contribution in [-0.4, -0.2) is 23.1 Å². The van der Waals surface area contributed by atoms with Crippen molar-refractivity contribution < 1.29 is 19.4 Å². The van der Waals surface area contributed by atoms with Crippen LogP contribution in [0.2, 0.25) is 0 Å². The van der Waals surface area contributed by atoms with Gasteiger partial charge in [0.05, 0.1) is 0 Å². The van der Waals surface area contributed by atoms with Gasteiger partial charge in [-0.15, -0.1) is 0 Å². The molecule has 0 aromatic carbocycles. The van der Waals surface area contributed by atoms with E-state index in [2.05, 4.69) is 50.3 Å². The minimum Gasteiger partial charge on any atom is -0.481 e. The molecule has 0 saturated heterocycles. The summed E-state index contributed by atoms with van der Waals surface area (Å²) in [6.07, 6.45) is 27.3. The van der Waals surface area contributed by atoms with E-state index >= 15 is 0 Å². The molecule has 0 aliphatic rings. The normalized spacial score (nSPS) is 13.1. The molecule has 0 rings (SSSR count). The smallest absolute Gasteiger partial charge is 0.306 e. The molecule has 0 aliphatic heterocycles. The predicted molar refractivity (Wildman–Crippen MR) is 125 cm³/mol. The van der Waals surface area contributed by atoms with Crippen molar-refractivity contribution in [1.82, 2.24) is 0 Å². The molecular formula is C26H42O4. The van der Waals surface area contributed by atoms with Crippen molar-refractivity contribution in [2.75, 3.05) is 0 Å². The molecule has 1 N–H and O–H groups in total. The maximum Gasteiger partial charge on any atom is 0.306 e. The summed E-state index contributed by atoms with van der Waals surface area (Å²) in [6, 6.07) is 0. The van der Waals surface area contributed by atoms with Crippen LogP contribution in [-0.2, 0) is 14.3 Å². The molecule has 0 aromatic rings. The van der Waals surface area contributed by atoms with Crippen LogP contribution in [0, 0.1) is 0 Å². The third kappa shape index (κ3) is 20.6. The van der Waals surface area contributed by atoms with Gasteiger partial charge in [0.15, 0.2) is 0 Å². The minimum absolute atomic E-state index is 0.138. The molecular weight excluding hydrogens is 376 g/mol. The Morgan fingerprint density at radius 2 is 1.37 bits per heavy atom. The van der Waals surface area contributed by atoms with Crippen LogP contribution < -0.4 is 0 Å². The number of carboxylic acids is 1. The van der Waals surface area contributed by atoms with E-state index in [0.29, 0.717) is 12.8 Å². The first kappa shape index (κ1) is 27.9. The van der Waals surface area contributed by atoms with Crippen molar-refractivity contribution in [2.24, 2.45) is 0 Å². The maximum atomic E-state index is 12.0. The van der Waals surface area contributed by atoms with Crippen molar-refractivity contribution in [3.63, 3.8) is 0 Å². The molecule has 0 heterocycles. The Balaban J connectivity index is 4.30. The molecule has 0 fully saturated rings. The molecule has 0 radical (unpaired) electrons. The van der Waals surface area contributed by atoms with Crippen LogP contribution in [0.1, 0.15) is 97.3 Å². The Bertz CT molecular complexity index is 543. The number of carboxylic acid groups (broad SMARTS) is 1. The fraction of sp³-hybridized carbons (Fsp3) is 0.615. The summed E-state index contributed by atoms with van der Waals surface area (Å²) < 4.78 is 5.63. The van der Waals surface area contributed by atoms with E-state index in [-0.39, 0.29) is 18.5 Å². The van der Waals surface area contributed by atoms with Crippen LogP contribution in [0.5, 0.6) is 0 Å². The van der Waals surface area contributed by atoms with Gasteiger partial charge in [-0.3, -0.25) is 9.59 Å². The number of carbonyl (C=O) groups excluding carboxylic acids is 1. The number of ether oxygens (including phenoxy) is 1. The first-order valence-electron chi connectivity index (χ1n) is 11.6. The second-order valence-corrected chi connectivity index (χ2v) is 7.44. The van der Waals surface area contributed by atoms with Gasteiger partial charge in [0, 0.05) is 12.8 Å². The molecule has 1 atom stereocenters. The van der Waals surface area contributed by atoms with Crippen LogP contribution in [0.3, 0.4) is 0 Å². The Hall–Kier alpha value is -2.10. The highest BCUT2D eigenvalue weighted by atomic mass is 16.5. The van der Waals surface area contributed by atoms with Crippen LogP contribution in [0.25, 0.3) is 0 Å². The second-order valence-electron chi connectivity index (χ2n) is 7.44. The zero-order chi connectivity index (χ0) is 22.3. The first-order chi connectivity index (χ1) is 14.6. The van der Waals surface area contributed by atoms with Crippen LogP contribution in [0.4, 0.5) is 0 Å². The lowest BCUT2D eigenvalue weighted by atomic mass is 10.1. The molecule has 1 unspecified atom stereocenters. The van der Waals surface area contributed by atoms with Gasteiger partial charge in [0.1, 0.15) is 6.10 Å². The standard InChI is InChI=1S/C26H42O4/c1-3-5-7-8-9-10-11-12-13-14-17-20-24(21-18-15-19-22-25(27)28)30-26(29)23-16-6-4-2/h5,7,9-10,12-13,17,20,24H,3-4,6,8,11,14-16,18-19,21-23H2,1-2H3,(H,27,28)/b7-5-,10-9-,13-12-,20-17-. The lowest BCUT2D eigenvalue weighted by molar-refractivity contribution is -0.147. The van der Waals surface area contributed by atoms with E-state index in [1.165, 1.54) is 0 Å². The maximum absolute atomic E-state index is 12.0. The number of hydrogen-bond donors (Lipinski definition) is 1. The van der Waals surface area contributed by atoms with E-state index in [1.807, 2.05) is 12.2 Å². The molecule has 170 valence electrons. The topological polar surface area (TPSA) is 63.6 Å². The largest absolute Gasteiger partial charge is 0.481 e. The summed E-state index contributed by atoms with van der Waals surface area (Å²) in [5, 5.41) is 8.72. The summed E-state index contributed by atoms with van der Waals surface area (Å²) in [4.78, 5) is 22.6. The SMILES string of the molecule is CC/C=C\C/C=C\C/C=C\C/C=C\C(CCCCCC(=O)O)OC(=O)CCCCC. The van der Waals surface area contributed by atoms with Crippen molar-refractivity contribution in [3.05, 3.63) is 48.6 Å². The molecule has 4 nitrogen and oxygen atoms in total. The Labute approximate surface area is 183 Å². The van der Waals surface area contributed by atoms with E-state index in [4.69, 9.17) is 9.84 Å². The van der Waals surface area contributed by atoms with Gasteiger partial charge in [0.25, 0.3) is 0 Å². The molecule has 0 spiro atoms. The quantitative estimate of drug-likeness (QED) is 0.136. The van der Waals surface area contributed by atoms with E-state index < -0.39 is 5.97 Å². The third-order valence-corrected chi connectivity index (χ3v) is 4.55. The molecule has 0 amide bonds. The van der Waals surface area contributed by atoms with Gasteiger partial charge in [-0.2, -0.15) is 0 Å². The zero-order valence-corrected chi connectivity index (χ0v) is 19.1. The lowest BCUT2D eigenvalue weighted by Crippen LogP contribution is -2.16. The van der Waals surface area contributed by atoms with Gasteiger partial charge in [0.2, 0.25) is 0 Å². The second kappa shape index (κ2) is 21.6. The number of rotatable bonds is 19. The highest BCUT2D eigenvalue weighted by Crippen LogP contribution is 2.12. The Morgan fingerprint density at radius 1 is 0.767 bits per heavy atom. The molecule has 0 saturated carbocycles. The van der Waals surface area contributed by atoms with Gasteiger partial charge in [-0.05, 0) is 57.4 Å². The van der Waals surface area contributed by atoms with E-state index in [1.54, 1.807) is 0 Å². The summed E-state index contributed by atoms with van der Waals surface area (Å²) >= 11 is 0. The number of unbranched alkanes of at least 4 members (excludes halogenated alkanes) is 4. The average Bonchev–Trinajstić information content (AvgIpc) is 2.71. The number of esters is 1. The monoisotopic (exact) mass is 418 g/mol. The molecule has 0 aliphatic carbocycles. The van der Waals surface area contributed by atoms with Crippen molar-refractivity contribution >= 4 is 11.9 Å². The Kier molecular flexibility index (Phi) is 20.1. The minimum atomic E-state index is -0.757. The van der Waals surface area contributed by atoms with Crippen molar-refractivity contribution in [1.29, 1.82) is 0 Å². The molecule has 30 heavy (non-hydrogen) atoms. The summed E-state index contributed by atoms with van der Waals surface area (Å²) in [5.74, 6) is -0.894. The van der Waals surface area contributed by atoms with E-state index in [0.717, 1.165) is 64.2 Å². The number of aliphatic carboxylic acids is 1. The average molecular weight is 419 g/mol. The van der Waals surface area contributed by atoms with Gasteiger partial charge in [-0.1, -0.05) is 75.6 Å². The van der Waals surface area contributed by atoms with Gasteiger partial charge >= 0.3 is 11.9 Å². The number of hydrogen-bond acceptors (Lipinski definition) is 3. The van der Waals surface area contributed by atoms with Crippen LogP contribution in [0.15, 0.2) is 48.6 Å². The molecule has 0 aromatic heterocycles. The van der Waals surface area contributed by atoms with E-state index in [9.17, 15) is 9.59 Å². The zero-order valence-electron chi connectivity index (χ0n) is 19.1. The van der Waals surface area contributed by atoms with Crippen LogP contribution >= 0.6 is 0 Å². The summed E-state index contributed by atoms with van der Waals surface area (Å²) in [7, 11) is 0. The fourth-order valence-corrected chi connectivity index (χ4v) is 2.85. The molecule has 4 heteroatoms. The fourth-order valence-electron chi connectivity index (χ4n) is 2.85. The summed E-state index contributed by atoms with van der Waals surface area (Å²) in [5.41, 5.74) is 0. The lowest BCUT2D eigenvalue weighted by Gasteiger charge is -2.14. The van der Waals surface area contributed by atoms with Gasteiger partial charge in [-0.25, -0.2) is 0 Å². The highest BCUT2D eigenvalue weighted by molar-refractivity contribution is 5.69. The van der Waals surface area contributed by atoms with Gasteiger partial charge < -0.3 is 9.84 Å². The number of allylic oxidation sites excluding steroid dienone is 7.